The highest BCUT2D eigenvalue weighted by Gasteiger charge is 2.17. The van der Waals surface area contributed by atoms with Crippen molar-refractivity contribution in [2.75, 3.05) is 6.61 Å². The summed E-state index contributed by atoms with van der Waals surface area (Å²) in [5.74, 6) is 0.348. The maximum Gasteiger partial charge on any atom is 0.267 e. The predicted octanol–water partition coefficient (Wildman–Crippen LogP) is 4.61. The smallest absolute Gasteiger partial charge is 0.267 e. The number of hydrogen-bond donors (Lipinski definition) is 0. The highest BCUT2D eigenvalue weighted by atomic mass is 32.2. The van der Waals surface area contributed by atoms with Crippen LogP contribution in [0.5, 0.6) is 5.75 Å². The lowest BCUT2D eigenvalue weighted by atomic mass is 10.1. The van der Waals surface area contributed by atoms with E-state index in [1.165, 1.54) is 24.5 Å². The summed E-state index contributed by atoms with van der Waals surface area (Å²) in [6.45, 7) is 2.33. The second kappa shape index (κ2) is 9.92. The molecule has 0 fully saturated rings. The first-order valence-corrected chi connectivity index (χ1v) is 11.2. The Balaban J connectivity index is 1.69. The quantitative estimate of drug-likeness (QED) is 0.279. The van der Waals surface area contributed by atoms with Crippen LogP contribution in [0.15, 0.2) is 78.0 Å². The van der Waals surface area contributed by atoms with E-state index in [1.54, 1.807) is 36.4 Å². The van der Waals surface area contributed by atoms with Crippen molar-refractivity contribution in [3.63, 3.8) is 0 Å². The maximum atomic E-state index is 12.7. The maximum absolute atomic E-state index is 12.7. The molecule has 1 heterocycles. The van der Waals surface area contributed by atoms with E-state index in [4.69, 9.17) is 10.00 Å². The number of unbranched alkanes of at least 4 members (excludes halogenated alkanes) is 1. The second-order valence-electron chi connectivity index (χ2n) is 6.93. The molecule has 0 spiro atoms. The highest BCUT2D eigenvalue weighted by molar-refractivity contribution is 7.90. The van der Waals surface area contributed by atoms with Crippen LogP contribution in [0.1, 0.15) is 34.3 Å². The Hall–Kier alpha value is -3.63. The van der Waals surface area contributed by atoms with Gasteiger partial charge in [0.2, 0.25) is 0 Å². The monoisotopic (exact) mass is 434 g/mol. The molecule has 1 aromatic heterocycles. The van der Waals surface area contributed by atoms with Crippen molar-refractivity contribution in [2.24, 2.45) is 0 Å². The number of rotatable bonds is 9. The number of allylic oxidation sites excluding steroid dienone is 1. The number of benzene rings is 2. The van der Waals surface area contributed by atoms with Crippen molar-refractivity contribution < 1.29 is 17.9 Å². The summed E-state index contributed by atoms with van der Waals surface area (Å²) in [4.78, 5) is 12.7. The average molecular weight is 435 g/mol. The van der Waals surface area contributed by atoms with Gasteiger partial charge in [-0.05, 0) is 55.3 Å². The van der Waals surface area contributed by atoms with Gasteiger partial charge in [0.1, 0.15) is 5.75 Å². The molecule has 0 unspecified atom stereocenters. The topological polar surface area (TPSA) is 89.2 Å². The molecule has 0 amide bonds. The first kappa shape index (κ1) is 22.1. The molecule has 0 aliphatic heterocycles. The molecule has 31 heavy (non-hydrogen) atoms. The van der Waals surface area contributed by atoms with Gasteiger partial charge >= 0.3 is 0 Å². The number of hydrogen-bond acceptors (Lipinski definition) is 5. The van der Waals surface area contributed by atoms with Crippen LogP contribution in [-0.4, -0.2) is 24.8 Å². The lowest BCUT2D eigenvalue weighted by Gasteiger charge is -2.05. The minimum atomic E-state index is -3.75. The van der Waals surface area contributed by atoms with Gasteiger partial charge in [-0.15, -0.1) is 0 Å². The van der Waals surface area contributed by atoms with E-state index < -0.39 is 10.0 Å². The molecule has 3 aromatic rings. The number of ether oxygens (including phenoxy) is 1. The molecule has 2 aromatic carbocycles. The van der Waals surface area contributed by atoms with Crippen LogP contribution < -0.4 is 4.74 Å². The molecule has 0 saturated carbocycles. The van der Waals surface area contributed by atoms with Crippen molar-refractivity contribution in [1.82, 2.24) is 3.97 Å². The zero-order valence-electron chi connectivity index (χ0n) is 17.1. The average Bonchev–Trinajstić information content (AvgIpc) is 3.27. The van der Waals surface area contributed by atoms with Crippen molar-refractivity contribution in [2.45, 2.75) is 24.7 Å². The molecule has 0 N–H and O–H groups in total. The third-order valence-corrected chi connectivity index (χ3v) is 6.19. The number of carbonyl (C=O) groups excluding carboxylic acids is 1. The normalized spacial score (nSPS) is 11.4. The van der Waals surface area contributed by atoms with Gasteiger partial charge in [-0.25, -0.2) is 12.4 Å². The van der Waals surface area contributed by atoms with Crippen LogP contribution in [0, 0.1) is 18.3 Å². The molecule has 0 aliphatic carbocycles. The lowest BCUT2D eigenvalue weighted by Crippen LogP contribution is -2.11. The van der Waals surface area contributed by atoms with Gasteiger partial charge in [0.15, 0.2) is 5.78 Å². The first-order chi connectivity index (χ1) is 14.9. The Morgan fingerprint density at radius 1 is 1.16 bits per heavy atom. The SMILES string of the molecule is Cc1ccc(S(=O)(=O)n2ccc(C(=O)/C=C/c3cccc(OCCCC#N)c3)c2)cc1. The molecule has 0 saturated heterocycles. The largest absolute Gasteiger partial charge is 0.494 e. The molecular formula is C24H22N2O4S. The van der Waals surface area contributed by atoms with Crippen LogP contribution in [-0.2, 0) is 10.0 Å². The lowest BCUT2D eigenvalue weighted by molar-refractivity contribution is 0.104. The number of ketones is 1. The molecule has 158 valence electrons. The van der Waals surface area contributed by atoms with Gasteiger partial charge in [-0.1, -0.05) is 35.9 Å². The number of aryl methyl sites for hydroxylation is 1. The van der Waals surface area contributed by atoms with E-state index in [0.29, 0.717) is 25.2 Å². The van der Waals surface area contributed by atoms with Crippen LogP contribution in [0.3, 0.4) is 0 Å². The molecule has 0 aliphatic rings. The molecular weight excluding hydrogens is 412 g/mol. The van der Waals surface area contributed by atoms with Crippen molar-refractivity contribution in [3.05, 3.63) is 89.8 Å². The fraction of sp³-hybridized carbons (Fsp3) is 0.167. The Morgan fingerprint density at radius 3 is 2.68 bits per heavy atom. The Labute approximate surface area is 182 Å². The summed E-state index contributed by atoms with van der Waals surface area (Å²) in [7, 11) is -3.75. The Kier molecular flexibility index (Phi) is 7.06. The van der Waals surface area contributed by atoms with E-state index in [0.717, 1.165) is 15.1 Å². The summed E-state index contributed by atoms with van der Waals surface area (Å²) in [5, 5.41) is 8.56. The van der Waals surface area contributed by atoms with E-state index in [-0.39, 0.29) is 16.2 Å². The molecule has 6 nitrogen and oxygen atoms in total. The molecule has 7 heteroatoms. The van der Waals surface area contributed by atoms with E-state index in [2.05, 4.69) is 6.07 Å². The zero-order chi connectivity index (χ0) is 22.3. The molecule has 3 rings (SSSR count). The van der Waals surface area contributed by atoms with Gasteiger partial charge in [-0.2, -0.15) is 5.26 Å². The van der Waals surface area contributed by atoms with Crippen LogP contribution in [0.2, 0.25) is 0 Å². The van der Waals surface area contributed by atoms with Gasteiger partial charge in [-0.3, -0.25) is 4.79 Å². The minimum Gasteiger partial charge on any atom is -0.494 e. The number of carbonyl (C=O) groups is 1. The number of nitriles is 1. The number of nitrogens with zero attached hydrogens (tertiary/aromatic N) is 2. The summed E-state index contributed by atoms with van der Waals surface area (Å²) in [6, 6.07) is 17.3. The minimum absolute atomic E-state index is 0.162. The van der Waals surface area contributed by atoms with E-state index in [1.807, 2.05) is 25.1 Å². The summed E-state index contributed by atoms with van der Waals surface area (Å²) < 4.78 is 32.1. The molecule has 0 radical (unpaired) electrons. The third-order valence-electron chi connectivity index (χ3n) is 4.54. The van der Waals surface area contributed by atoms with Gasteiger partial charge < -0.3 is 4.74 Å². The molecule has 0 bridgehead atoms. The highest BCUT2D eigenvalue weighted by Crippen LogP contribution is 2.18. The number of aromatic nitrogens is 1. The third kappa shape index (κ3) is 5.71. The van der Waals surface area contributed by atoms with Crippen molar-refractivity contribution in [3.8, 4) is 11.8 Å². The van der Waals surface area contributed by atoms with Crippen molar-refractivity contribution >= 4 is 21.9 Å². The van der Waals surface area contributed by atoms with Crippen molar-refractivity contribution in [1.29, 1.82) is 5.26 Å². The van der Waals surface area contributed by atoms with Crippen LogP contribution >= 0.6 is 0 Å². The Morgan fingerprint density at radius 2 is 1.94 bits per heavy atom. The van der Waals surface area contributed by atoms with Crippen LogP contribution in [0.25, 0.3) is 6.08 Å². The van der Waals surface area contributed by atoms with E-state index >= 15 is 0 Å². The van der Waals surface area contributed by atoms with Gasteiger partial charge in [0.25, 0.3) is 10.0 Å². The standard InChI is InChI=1S/C24H22N2O4S/c1-19-7-10-23(11-8-19)31(28,29)26-15-13-21(18-26)24(27)12-9-20-5-4-6-22(17-20)30-16-3-2-14-25/h4-13,15,17-18H,2-3,16H2,1H3/b12-9+. The summed E-state index contributed by atoms with van der Waals surface area (Å²) in [6.07, 6.45) is 6.82. The van der Waals surface area contributed by atoms with Gasteiger partial charge in [0, 0.05) is 24.4 Å². The zero-order valence-corrected chi connectivity index (χ0v) is 17.9. The summed E-state index contributed by atoms with van der Waals surface area (Å²) in [5.41, 5.74) is 2.01. The van der Waals surface area contributed by atoms with Gasteiger partial charge in [0.05, 0.1) is 17.6 Å². The van der Waals surface area contributed by atoms with E-state index in [9.17, 15) is 13.2 Å². The molecule has 0 atom stereocenters. The summed E-state index contributed by atoms with van der Waals surface area (Å²) >= 11 is 0. The van der Waals surface area contributed by atoms with Crippen LogP contribution in [0.4, 0.5) is 0 Å². The fourth-order valence-electron chi connectivity index (χ4n) is 2.82. The predicted molar refractivity (Wildman–Crippen MR) is 118 cm³/mol. The second-order valence-corrected chi connectivity index (χ2v) is 8.77. The first-order valence-electron chi connectivity index (χ1n) is 9.72. The fourth-order valence-corrected chi connectivity index (χ4v) is 4.02. The Bertz CT molecular complexity index is 1230.